The molecule has 0 unspecified atom stereocenters. The fourth-order valence-electron chi connectivity index (χ4n) is 3.41. The number of nitrogens with zero attached hydrogens (tertiary/aromatic N) is 1. The SMILES string of the molecule is CCOc1ccccc1NC(=O)C1CCN(C(=O)CCOc2ccccc2)CC1. The number of benzene rings is 2. The van der Waals surface area contributed by atoms with Crippen LogP contribution in [0.4, 0.5) is 5.69 Å². The van der Waals surface area contributed by atoms with Gasteiger partial charge in [-0.15, -0.1) is 0 Å². The Hall–Kier alpha value is -3.02. The molecular formula is C23H28N2O4. The molecule has 2 aromatic rings. The Labute approximate surface area is 171 Å². The van der Waals surface area contributed by atoms with Crippen LogP contribution in [0.1, 0.15) is 26.2 Å². The first-order valence-corrected chi connectivity index (χ1v) is 10.2. The molecule has 0 spiro atoms. The molecule has 0 bridgehead atoms. The molecule has 154 valence electrons. The quantitative estimate of drug-likeness (QED) is 0.738. The van der Waals surface area contributed by atoms with Crippen molar-refractivity contribution in [1.29, 1.82) is 0 Å². The van der Waals surface area contributed by atoms with Gasteiger partial charge in [0.25, 0.3) is 0 Å². The van der Waals surface area contributed by atoms with Gasteiger partial charge in [0.05, 0.1) is 25.3 Å². The van der Waals surface area contributed by atoms with Gasteiger partial charge in [-0.25, -0.2) is 0 Å². The highest BCUT2D eigenvalue weighted by atomic mass is 16.5. The fourth-order valence-corrected chi connectivity index (χ4v) is 3.41. The summed E-state index contributed by atoms with van der Waals surface area (Å²) in [5.41, 5.74) is 0.691. The van der Waals surface area contributed by atoms with Crippen LogP contribution in [0.2, 0.25) is 0 Å². The van der Waals surface area contributed by atoms with E-state index in [1.54, 1.807) is 0 Å². The molecule has 2 aromatic carbocycles. The average Bonchev–Trinajstić information content (AvgIpc) is 2.76. The summed E-state index contributed by atoms with van der Waals surface area (Å²) in [5.74, 6) is 1.39. The molecule has 2 amide bonds. The van der Waals surface area contributed by atoms with Crippen molar-refractivity contribution in [3.05, 3.63) is 54.6 Å². The molecule has 1 aliphatic heterocycles. The first-order chi connectivity index (χ1) is 14.2. The van der Waals surface area contributed by atoms with Crippen molar-refractivity contribution in [2.45, 2.75) is 26.2 Å². The lowest BCUT2D eigenvalue weighted by Gasteiger charge is -2.31. The van der Waals surface area contributed by atoms with E-state index in [4.69, 9.17) is 9.47 Å². The molecule has 0 atom stereocenters. The molecular weight excluding hydrogens is 368 g/mol. The smallest absolute Gasteiger partial charge is 0.227 e. The molecule has 0 radical (unpaired) electrons. The summed E-state index contributed by atoms with van der Waals surface area (Å²) in [4.78, 5) is 26.9. The molecule has 1 saturated heterocycles. The summed E-state index contributed by atoms with van der Waals surface area (Å²) in [5, 5.41) is 2.97. The zero-order valence-corrected chi connectivity index (χ0v) is 16.8. The number of nitrogens with one attached hydrogen (secondary N) is 1. The number of hydrogen-bond acceptors (Lipinski definition) is 4. The summed E-state index contributed by atoms with van der Waals surface area (Å²) in [6.07, 6.45) is 1.66. The van der Waals surface area contributed by atoms with Crippen LogP contribution in [-0.4, -0.2) is 43.0 Å². The van der Waals surface area contributed by atoms with E-state index in [9.17, 15) is 9.59 Å². The number of anilines is 1. The van der Waals surface area contributed by atoms with Crippen molar-refractivity contribution < 1.29 is 19.1 Å². The van der Waals surface area contributed by atoms with Crippen LogP contribution in [0.5, 0.6) is 11.5 Å². The third-order valence-electron chi connectivity index (χ3n) is 4.99. The largest absolute Gasteiger partial charge is 0.493 e. The van der Waals surface area contributed by atoms with Crippen LogP contribution in [0, 0.1) is 5.92 Å². The Morgan fingerprint density at radius 2 is 1.69 bits per heavy atom. The van der Waals surface area contributed by atoms with Crippen molar-refractivity contribution in [3.8, 4) is 11.5 Å². The molecule has 3 rings (SSSR count). The highest BCUT2D eigenvalue weighted by Gasteiger charge is 2.27. The molecule has 1 N–H and O–H groups in total. The lowest BCUT2D eigenvalue weighted by atomic mass is 9.95. The van der Waals surface area contributed by atoms with Crippen LogP contribution < -0.4 is 14.8 Å². The summed E-state index contributed by atoms with van der Waals surface area (Å²) >= 11 is 0. The van der Waals surface area contributed by atoms with E-state index in [0.29, 0.717) is 57.0 Å². The second-order valence-corrected chi connectivity index (χ2v) is 6.98. The third kappa shape index (κ3) is 5.98. The summed E-state index contributed by atoms with van der Waals surface area (Å²) in [7, 11) is 0. The highest BCUT2D eigenvalue weighted by Crippen LogP contribution is 2.26. The molecule has 29 heavy (non-hydrogen) atoms. The van der Waals surface area contributed by atoms with Gasteiger partial charge in [-0.05, 0) is 44.0 Å². The summed E-state index contributed by atoms with van der Waals surface area (Å²) < 4.78 is 11.2. The molecule has 1 aliphatic rings. The number of likely N-dealkylation sites (tertiary alicyclic amines) is 1. The van der Waals surface area contributed by atoms with E-state index in [0.717, 1.165) is 5.75 Å². The maximum absolute atomic E-state index is 12.6. The predicted octanol–water partition coefficient (Wildman–Crippen LogP) is 3.73. The zero-order chi connectivity index (χ0) is 20.5. The van der Waals surface area contributed by atoms with Gasteiger partial charge in [0.15, 0.2) is 0 Å². The minimum atomic E-state index is -0.102. The van der Waals surface area contributed by atoms with Crippen molar-refractivity contribution in [2.75, 3.05) is 31.6 Å². The van der Waals surface area contributed by atoms with Crippen LogP contribution >= 0.6 is 0 Å². The first kappa shape index (κ1) is 20.7. The lowest BCUT2D eigenvalue weighted by Crippen LogP contribution is -2.41. The van der Waals surface area contributed by atoms with Crippen molar-refractivity contribution in [1.82, 2.24) is 4.90 Å². The van der Waals surface area contributed by atoms with Crippen LogP contribution in [0.25, 0.3) is 0 Å². The fraction of sp³-hybridized carbons (Fsp3) is 0.391. The van der Waals surface area contributed by atoms with Gasteiger partial charge < -0.3 is 19.7 Å². The molecule has 0 aromatic heterocycles. The van der Waals surface area contributed by atoms with Crippen LogP contribution in [-0.2, 0) is 9.59 Å². The number of carbonyl (C=O) groups is 2. The Kier molecular flexibility index (Phi) is 7.50. The van der Waals surface area contributed by atoms with Gasteiger partial charge in [0, 0.05) is 19.0 Å². The van der Waals surface area contributed by atoms with E-state index < -0.39 is 0 Å². The monoisotopic (exact) mass is 396 g/mol. The minimum Gasteiger partial charge on any atom is -0.493 e. The number of rotatable bonds is 8. The van der Waals surface area contributed by atoms with Gasteiger partial charge in [-0.2, -0.15) is 0 Å². The van der Waals surface area contributed by atoms with E-state index in [1.807, 2.05) is 66.4 Å². The lowest BCUT2D eigenvalue weighted by molar-refractivity contribution is -0.135. The Bertz CT molecular complexity index is 802. The molecule has 6 heteroatoms. The second kappa shape index (κ2) is 10.5. The van der Waals surface area contributed by atoms with Gasteiger partial charge in [-0.3, -0.25) is 9.59 Å². The summed E-state index contributed by atoms with van der Waals surface area (Å²) in [6, 6.07) is 16.9. The Morgan fingerprint density at radius 3 is 2.41 bits per heavy atom. The van der Waals surface area contributed by atoms with E-state index >= 15 is 0 Å². The zero-order valence-electron chi connectivity index (χ0n) is 16.8. The molecule has 0 saturated carbocycles. The normalized spacial score (nSPS) is 14.3. The van der Waals surface area contributed by atoms with Crippen molar-refractivity contribution in [2.24, 2.45) is 5.92 Å². The van der Waals surface area contributed by atoms with E-state index in [1.165, 1.54) is 0 Å². The number of carbonyl (C=O) groups excluding carboxylic acids is 2. The molecule has 1 fully saturated rings. The first-order valence-electron chi connectivity index (χ1n) is 10.2. The average molecular weight is 396 g/mol. The standard InChI is InChI=1S/C23H28N2O4/c1-2-28-21-11-7-6-10-20(21)24-23(27)18-12-15-25(16-13-18)22(26)14-17-29-19-8-4-3-5-9-19/h3-11,18H,2,12-17H2,1H3,(H,24,27). The van der Waals surface area contributed by atoms with Gasteiger partial charge >= 0.3 is 0 Å². The number of para-hydroxylation sites is 3. The Balaban J connectivity index is 1.42. The number of piperidine rings is 1. The second-order valence-electron chi connectivity index (χ2n) is 6.98. The topological polar surface area (TPSA) is 67.9 Å². The van der Waals surface area contributed by atoms with Crippen molar-refractivity contribution in [3.63, 3.8) is 0 Å². The number of ether oxygens (including phenoxy) is 2. The third-order valence-corrected chi connectivity index (χ3v) is 4.99. The Morgan fingerprint density at radius 1 is 1.00 bits per heavy atom. The summed E-state index contributed by atoms with van der Waals surface area (Å²) in [6.45, 7) is 4.00. The highest BCUT2D eigenvalue weighted by molar-refractivity contribution is 5.94. The van der Waals surface area contributed by atoms with Gasteiger partial charge in [-0.1, -0.05) is 30.3 Å². The number of amides is 2. The van der Waals surface area contributed by atoms with E-state index in [-0.39, 0.29) is 17.7 Å². The van der Waals surface area contributed by atoms with Crippen molar-refractivity contribution >= 4 is 17.5 Å². The molecule has 6 nitrogen and oxygen atoms in total. The maximum atomic E-state index is 12.6. The minimum absolute atomic E-state index is 0.0170. The van der Waals surface area contributed by atoms with Gasteiger partial charge in [0.2, 0.25) is 11.8 Å². The molecule has 0 aliphatic carbocycles. The van der Waals surface area contributed by atoms with Gasteiger partial charge in [0.1, 0.15) is 11.5 Å². The predicted molar refractivity (Wildman–Crippen MR) is 112 cm³/mol. The van der Waals surface area contributed by atoms with E-state index in [2.05, 4.69) is 5.32 Å². The maximum Gasteiger partial charge on any atom is 0.227 e. The molecule has 1 heterocycles. The van der Waals surface area contributed by atoms with Crippen LogP contribution in [0.15, 0.2) is 54.6 Å². The van der Waals surface area contributed by atoms with Crippen LogP contribution in [0.3, 0.4) is 0 Å². The number of hydrogen-bond donors (Lipinski definition) is 1.